The van der Waals surface area contributed by atoms with Crippen molar-refractivity contribution in [1.29, 1.82) is 0 Å². The standard InChI is InChI=1S/C29H40N6O6S/c1-6-40-28(36)34-13-15-35(16-14-34)29(37)41-19-23(17-20(2)3)33(5)42(38,39)24-9-7-22(8-10-24)18-26-27-25(11-12-30-26)31-21(4)32-27/h7-12,20,23H,6,13-19H2,1-5H3,(H,31,32)/t23-/m0/s1. The van der Waals surface area contributed by atoms with Crippen LogP contribution in [0.1, 0.15) is 44.3 Å². The number of hydrogen-bond acceptors (Lipinski definition) is 8. The summed E-state index contributed by atoms with van der Waals surface area (Å²) in [5, 5.41) is 0. The number of piperazine rings is 1. The van der Waals surface area contributed by atoms with Gasteiger partial charge in [0, 0.05) is 45.8 Å². The molecule has 3 heterocycles. The van der Waals surface area contributed by atoms with E-state index in [1.165, 1.54) is 16.3 Å². The molecule has 42 heavy (non-hydrogen) atoms. The Morgan fingerprint density at radius 2 is 1.64 bits per heavy atom. The number of amides is 2. The van der Waals surface area contributed by atoms with Crippen molar-refractivity contribution in [2.75, 3.05) is 46.4 Å². The number of nitrogens with zero attached hydrogens (tertiary/aromatic N) is 5. The lowest BCUT2D eigenvalue weighted by molar-refractivity contribution is 0.0536. The van der Waals surface area contributed by atoms with Gasteiger partial charge < -0.3 is 24.3 Å². The van der Waals surface area contributed by atoms with Gasteiger partial charge in [0.05, 0.1) is 28.8 Å². The number of benzene rings is 1. The van der Waals surface area contributed by atoms with E-state index in [0.29, 0.717) is 45.6 Å². The maximum Gasteiger partial charge on any atom is 0.409 e. The number of aromatic amines is 1. The molecule has 1 fully saturated rings. The molecule has 2 aromatic heterocycles. The summed E-state index contributed by atoms with van der Waals surface area (Å²) < 4.78 is 39.1. The van der Waals surface area contributed by atoms with Crippen LogP contribution in [0.4, 0.5) is 9.59 Å². The smallest absolute Gasteiger partial charge is 0.409 e. The van der Waals surface area contributed by atoms with Gasteiger partial charge in [0.15, 0.2) is 0 Å². The van der Waals surface area contributed by atoms with E-state index in [4.69, 9.17) is 9.47 Å². The first kappa shape index (κ1) is 31.2. The predicted molar refractivity (Wildman–Crippen MR) is 158 cm³/mol. The zero-order valence-corrected chi connectivity index (χ0v) is 25.7. The average Bonchev–Trinajstić information content (AvgIpc) is 3.36. The highest BCUT2D eigenvalue weighted by molar-refractivity contribution is 7.89. The van der Waals surface area contributed by atoms with Gasteiger partial charge in [0.25, 0.3) is 0 Å². The Balaban J connectivity index is 1.39. The Kier molecular flexibility index (Phi) is 10.0. The second-order valence-corrected chi connectivity index (χ2v) is 12.8. The molecule has 1 atom stereocenters. The van der Waals surface area contributed by atoms with E-state index in [2.05, 4.69) is 15.0 Å². The SMILES string of the molecule is CCOC(=O)N1CCN(C(=O)OC[C@H](CC(C)C)N(C)S(=O)(=O)c2ccc(Cc3nccc4[nH]c(C)nc34)cc2)CC1. The van der Waals surface area contributed by atoms with Gasteiger partial charge in [-0.15, -0.1) is 0 Å². The number of nitrogens with one attached hydrogen (secondary N) is 1. The first-order valence-corrected chi connectivity index (χ1v) is 15.6. The second kappa shape index (κ2) is 13.5. The van der Waals surface area contributed by atoms with Crippen molar-refractivity contribution in [3.8, 4) is 0 Å². The number of fused-ring (bicyclic) bond motifs is 1. The predicted octanol–water partition coefficient (Wildman–Crippen LogP) is 3.80. The molecule has 0 radical (unpaired) electrons. The molecule has 0 spiro atoms. The number of aromatic nitrogens is 3. The van der Waals surface area contributed by atoms with Crippen LogP contribution in [0.25, 0.3) is 11.0 Å². The Bertz CT molecular complexity index is 1480. The van der Waals surface area contributed by atoms with E-state index in [9.17, 15) is 18.0 Å². The maximum atomic E-state index is 13.6. The number of hydrogen-bond donors (Lipinski definition) is 1. The molecule has 0 saturated carbocycles. The molecule has 3 aromatic rings. The zero-order valence-electron chi connectivity index (χ0n) is 24.9. The summed E-state index contributed by atoms with van der Waals surface area (Å²) in [6, 6.07) is 8.09. The van der Waals surface area contributed by atoms with Crippen LogP contribution in [0, 0.1) is 12.8 Å². The Morgan fingerprint density at radius 1 is 1.02 bits per heavy atom. The topological polar surface area (TPSA) is 138 Å². The molecule has 1 saturated heterocycles. The molecule has 12 nitrogen and oxygen atoms in total. The fraction of sp³-hybridized carbons (Fsp3) is 0.517. The highest BCUT2D eigenvalue weighted by Gasteiger charge is 2.31. The van der Waals surface area contributed by atoms with Crippen LogP contribution >= 0.6 is 0 Å². The van der Waals surface area contributed by atoms with Gasteiger partial charge in [-0.1, -0.05) is 26.0 Å². The van der Waals surface area contributed by atoms with Gasteiger partial charge in [-0.05, 0) is 49.9 Å². The van der Waals surface area contributed by atoms with Crippen LogP contribution in [0.2, 0.25) is 0 Å². The highest BCUT2D eigenvalue weighted by Crippen LogP contribution is 2.23. The minimum atomic E-state index is -3.86. The summed E-state index contributed by atoms with van der Waals surface area (Å²) in [6.45, 7) is 9.16. The van der Waals surface area contributed by atoms with Crippen LogP contribution < -0.4 is 0 Å². The number of carbonyl (C=O) groups is 2. The number of sulfonamides is 1. The van der Waals surface area contributed by atoms with Crippen molar-refractivity contribution in [2.24, 2.45) is 5.92 Å². The molecule has 4 rings (SSSR count). The lowest BCUT2D eigenvalue weighted by Gasteiger charge is -2.34. The van der Waals surface area contributed by atoms with Crippen LogP contribution in [0.15, 0.2) is 41.4 Å². The number of H-pyrrole nitrogens is 1. The molecule has 0 unspecified atom stereocenters. The summed E-state index contributed by atoms with van der Waals surface area (Å²) in [4.78, 5) is 40.2. The van der Waals surface area contributed by atoms with Crippen molar-refractivity contribution in [3.05, 3.63) is 53.6 Å². The van der Waals surface area contributed by atoms with Crippen molar-refractivity contribution >= 4 is 33.2 Å². The summed E-state index contributed by atoms with van der Waals surface area (Å²) in [5.74, 6) is 0.977. The van der Waals surface area contributed by atoms with Gasteiger partial charge in [-0.2, -0.15) is 4.31 Å². The van der Waals surface area contributed by atoms with Crippen molar-refractivity contribution in [2.45, 2.75) is 51.5 Å². The molecule has 1 N–H and O–H groups in total. The molecule has 2 amide bonds. The number of ether oxygens (including phenoxy) is 2. The van der Waals surface area contributed by atoms with E-state index in [1.54, 1.807) is 42.3 Å². The van der Waals surface area contributed by atoms with Crippen LogP contribution in [0.3, 0.4) is 0 Å². The third-order valence-corrected chi connectivity index (χ3v) is 9.21. The van der Waals surface area contributed by atoms with E-state index >= 15 is 0 Å². The zero-order chi connectivity index (χ0) is 30.4. The average molecular weight is 601 g/mol. The largest absolute Gasteiger partial charge is 0.450 e. The third-order valence-electron chi connectivity index (χ3n) is 7.29. The summed E-state index contributed by atoms with van der Waals surface area (Å²) in [7, 11) is -2.34. The van der Waals surface area contributed by atoms with Crippen molar-refractivity contribution < 1.29 is 27.5 Å². The van der Waals surface area contributed by atoms with E-state index in [0.717, 1.165) is 28.1 Å². The number of carbonyl (C=O) groups excluding carboxylic acids is 2. The molecule has 1 aliphatic heterocycles. The minimum absolute atomic E-state index is 0.0817. The van der Waals surface area contributed by atoms with Crippen LogP contribution in [-0.4, -0.2) is 102 Å². The molecular weight excluding hydrogens is 560 g/mol. The van der Waals surface area contributed by atoms with Gasteiger partial charge in [0.1, 0.15) is 17.9 Å². The van der Waals surface area contributed by atoms with Gasteiger partial charge in [-0.3, -0.25) is 4.98 Å². The normalized spacial score (nSPS) is 14.9. The second-order valence-electron chi connectivity index (χ2n) is 10.9. The van der Waals surface area contributed by atoms with Crippen LogP contribution in [-0.2, 0) is 25.9 Å². The molecule has 1 aliphatic rings. The van der Waals surface area contributed by atoms with Crippen molar-refractivity contribution in [3.63, 3.8) is 0 Å². The molecular formula is C29H40N6O6S. The lowest BCUT2D eigenvalue weighted by atomic mass is 10.0. The fourth-order valence-corrected chi connectivity index (χ4v) is 6.34. The van der Waals surface area contributed by atoms with E-state index in [1.807, 2.05) is 26.8 Å². The number of aryl methyl sites for hydroxylation is 1. The summed E-state index contributed by atoms with van der Waals surface area (Å²) in [5.41, 5.74) is 3.44. The maximum absolute atomic E-state index is 13.6. The highest BCUT2D eigenvalue weighted by atomic mass is 32.2. The monoisotopic (exact) mass is 600 g/mol. The van der Waals surface area contributed by atoms with Gasteiger partial charge >= 0.3 is 12.2 Å². The van der Waals surface area contributed by atoms with E-state index < -0.39 is 28.3 Å². The third kappa shape index (κ3) is 7.37. The van der Waals surface area contributed by atoms with E-state index in [-0.39, 0.29) is 17.4 Å². The molecule has 0 bridgehead atoms. The first-order valence-electron chi connectivity index (χ1n) is 14.2. The molecule has 13 heteroatoms. The number of pyridine rings is 1. The molecule has 0 aliphatic carbocycles. The van der Waals surface area contributed by atoms with Gasteiger partial charge in [-0.25, -0.2) is 23.0 Å². The first-order chi connectivity index (χ1) is 20.0. The lowest BCUT2D eigenvalue weighted by Crippen LogP contribution is -2.51. The fourth-order valence-electron chi connectivity index (χ4n) is 4.99. The van der Waals surface area contributed by atoms with Gasteiger partial charge in [0.2, 0.25) is 10.0 Å². The molecule has 228 valence electrons. The van der Waals surface area contributed by atoms with Crippen molar-refractivity contribution in [1.82, 2.24) is 29.1 Å². The number of rotatable bonds is 10. The summed E-state index contributed by atoms with van der Waals surface area (Å²) in [6.07, 6.45) is 1.82. The van der Waals surface area contributed by atoms with Crippen LogP contribution in [0.5, 0.6) is 0 Å². The molecule has 1 aromatic carbocycles. The quantitative estimate of drug-likeness (QED) is 0.371. The minimum Gasteiger partial charge on any atom is -0.450 e. The Labute approximate surface area is 247 Å². The number of likely N-dealkylation sites (N-methyl/N-ethyl adjacent to an activating group) is 1. The Morgan fingerprint density at radius 3 is 2.24 bits per heavy atom. The Hall–Kier alpha value is -3.71. The summed E-state index contributed by atoms with van der Waals surface area (Å²) >= 11 is 0. The number of imidazole rings is 1.